The summed E-state index contributed by atoms with van der Waals surface area (Å²) >= 11 is 0. The first kappa shape index (κ1) is 15.5. The van der Waals surface area contributed by atoms with Gasteiger partial charge in [-0.2, -0.15) is 0 Å². The first-order valence-corrected chi connectivity index (χ1v) is 6.52. The molecule has 0 aliphatic rings. The molecular weight excluding hydrogens is 245 g/mol. The molecule has 0 heterocycles. The number of nitrogens with one attached hydrogen (secondary N) is 1. The van der Waals surface area contributed by atoms with Crippen molar-refractivity contribution in [2.45, 2.75) is 40.2 Å². The van der Waals surface area contributed by atoms with E-state index in [1.807, 2.05) is 26.8 Å². The Hall–Kier alpha value is -1.58. The van der Waals surface area contributed by atoms with Gasteiger partial charge in [-0.1, -0.05) is 13.8 Å². The normalized spacial score (nSPS) is 14.1. The van der Waals surface area contributed by atoms with Gasteiger partial charge in [-0.3, -0.25) is 0 Å². The third-order valence-electron chi connectivity index (χ3n) is 3.30. The van der Waals surface area contributed by atoms with Crippen LogP contribution in [0.2, 0.25) is 0 Å². The van der Waals surface area contributed by atoms with Crippen molar-refractivity contribution >= 4 is 11.7 Å². The molecule has 3 nitrogen and oxygen atoms in total. The maximum atomic E-state index is 13.4. The minimum absolute atomic E-state index is 0.00937. The zero-order valence-corrected chi connectivity index (χ0v) is 12.2. The largest absolute Gasteiger partial charge is 0.464 e. The van der Waals surface area contributed by atoms with Crippen LogP contribution < -0.4 is 5.32 Å². The Morgan fingerprint density at radius 3 is 2.53 bits per heavy atom. The summed E-state index contributed by atoms with van der Waals surface area (Å²) in [6.07, 6.45) is 0. The average molecular weight is 267 g/mol. The minimum atomic E-state index is -0.879. The molecule has 0 fully saturated rings. The Bertz CT molecular complexity index is 439. The summed E-state index contributed by atoms with van der Waals surface area (Å²) < 4.78 is 18.5. The van der Waals surface area contributed by atoms with E-state index in [1.165, 1.54) is 12.1 Å². The standard InChI is InChI=1S/C15H22FNO2/c1-6-19-14(18)15(5,10(2)3)17-13-8-11(4)7-12(16)9-13/h7-10,17H,6H2,1-5H3. The summed E-state index contributed by atoms with van der Waals surface area (Å²) in [6, 6.07) is 4.64. The molecule has 1 N–H and O–H groups in total. The number of benzene rings is 1. The summed E-state index contributed by atoms with van der Waals surface area (Å²) in [5, 5.41) is 3.11. The molecule has 0 aromatic heterocycles. The molecule has 4 heteroatoms. The van der Waals surface area contributed by atoms with Crippen LogP contribution >= 0.6 is 0 Å². The number of hydrogen-bond acceptors (Lipinski definition) is 3. The summed E-state index contributed by atoms with van der Waals surface area (Å²) in [5.41, 5.74) is 0.509. The second-order valence-corrected chi connectivity index (χ2v) is 5.22. The molecule has 0 aliphatic carbocycles. The molecule has 1 rings (SSSR count). The van der Waals surface area contributed by atoms with Crippen molar-refractivity contribution in [3.05, 3.63) is 29.6 Å². The van der Waals surface area contributed by atoms with E-state index in [1.54, 1.807) is 13.8 Å². The maximum absolute atomic E-state index is 13.4. The quantitative estimate of drug-likeness (QED) is 0.829. The summed E-state index contributed by atoms with van der Waals surface area (Å²) in [5.74, 6) is -0.639. The van der Waals surface area contributed by atoms with Gasteiger partial charge in [-0.25, -0.2) is 9.18 Å². The summed E-state index contributed by atoms with van der Waals surface area (Å²) in [7, 11) is 0. The molecule has 0 amide bonds. The minimum Gasteiger partial charge on any atom is -0.464 e. The second-order valence-electron chi connectivity index (χ2n) is 5.22. The number of ether oxygens (including phenoxy) is 1. The van der Waals surface area contributed by atoms with E-state index < -0.39 is 5.54 Å². The van der Waals surface area contributed by atoms with Gasteiger partial charge in [0.25, 0.3) is 0 Å². The van der Waals surface area contributed by atoms with Crippen LogP contribution in [0.4, 0.5) is 10.1 Å². The average Bonchev–Trinajstić information content (AvgIpc) is 2.27. The predicted molar refractivity (Wildman–Crippen MR) is 74.6 cm³/mol. The summed E-state index contributed by atoms with van der Waals surface area (Å²) in [4.78, 5) is 12.1. The Kier molecular flexibility index (Phi) is 4.92. The smallest absolute Gasteiger partial charge is 0.331 e. The van der Waals surface area contributed by atoms with Gasteiger partial charge in [0.05, 0.1) is 6.61 Å². The topological polar surface area (TPSA) is 38.3 Å². The molecule has 1 unspecified atom stereocenters. The fraction of sp³-hybridized carbons (Fsp3) is 0.533. The second kappa shape index (κ2) is 6.04. The number of aryl methyl sites for hydroxylation is 1. The third kappa shape index (κ3) is 3.69. The van der Waals surface area contributed by atoms with Crippen LogP contribution in [-0.2, 0) is 9.53 Å². The molecule has 1 atom stereocenters. The SMILES string of the molecule is CCOC(=O)C(C)(Nc1cc(C)cc(F)c1)C(C)C. The lowest BCUT2D eigenvalue weighted by Gasteiger charge is -2.33. The first-order chi connectivity index (χ1) is 8.79. The highest BCUT2D eigenvalue weighted by Gasteiger charge is 2.38. The van der Waals surface area contributed by atoms with Crippen molar-refractivity contribution in [3.8, 4) is 0 Å². The number of anilines is 1. The molecule has 1 aromatic carbocycles. The van der Waals surface area contributed by atoms with E-state index in [2.05, 4.69) is 5.32 Å². The van der Waals surface area contributed by atoms with E-state index in [0.29, 0.717) is 12.3 Å². The highest BCUT2D eigenvalue weighted by atomic mass is 19.1. The number of rotatable bonds is 5. The van der Waals surface area contributed by atoms with Crippen LogP contribution in [0.3, 0.4) is 0 Å². The van der Waals surface area contributed by atoms with Gasteiger partial charge in [0.15, 0.2) is 0 Å². The van der Waals surface area contributed by atoms with Crippen molar-refractivity contribution in [1.82, 2.24) is 0 Å². The monoisotopic (exact) mass is 267 g/mol. The van der Waals surface area contributed by atoms with Gasteiger partial charge in [-0.05, 0) is 50.5 Å². The Morgan fingerprint density at radius 1 is 1.42 bits per heavy atom. The molecule has 0 radical (unpaired) electrons. The molecule has 0 bridgehead atoms. The van der Waals surface area contributed by atoms with E-state index >= 15 is 0 Å². The molecule has 106 valence electrons. The van der Waals surface area contributed by atoms with E-state index in [-0.39, 0.29) is 17.7 Å². The molecular formula is C15H22FNO2. The Morgan fingerprint density at radius 2 is 2.05 bits per heavy atom. The molecule has 0 saturated heterocycles. The number of carbonyl (C=O) groups excluding carboxylic acids is 1. The molecule has 0 spiro atoms. The van der Waals surface area contributed by atoms with Crippen LogP contribution in [0.15, 0.2) is 18.2 Å². The fourth-order valence-corrected chi connectivity index (χ4v) is 1.82. The van der Waals surface area contributed by atoms with E-state index in [0.717, 1.165) is 5.56 Å². The Balaban J connectivity index is 3.04. The van der Waals surface area contributed by atoms with Crippen molar-refractivity contribution in [2.75, 3.05) is 11.9 Å². The summed E-state index contributed by atoms with van der Waals surface area (Å²) in [6.45, 7) is 9.53. The number of carbonyl (C=O) groups is 1. The molecule has 0 saturated carbocycles. The maximum Gasteiger partial charge on any atom is 0.331 e. The molecule has 19 heavy (non-hydrogen) atoms. The number of esters is 1. The first-order valence-electron chi connectivity index (χ1n) is 6.52. The van der Waals surface area contributed by atoms with Crippen LogP contribution in [0, 0.1) is 18.7 Å². The lowest BCUT2D eigenvalue weighted by molar-refractivity contribution is -0.149. The highest BCUT2D eigenvalue weighted by molar-refractivity contribution is 5.84. The van der Waals surface area contributed by atoms with Gasteiger partial charge in [-0.15, -0.1) is 0 Å². The molecule has 1 aromatic rings. The van der Waals surface area contributed by atoms with Crippen molar-refractivity contribution < 1.29 is 13.9 Å². The third-order valence-corrected chi connectivity index (χ3v) is 3.30. The number of halogens is 1. The van der Waals surface area contributed by atoms with Gasteiger partial charge >= 0.3 is 5.97 Å². The fourth-order valence-electron chi connectivity index (χ4n) is 1.82. The van der Waals surface area contributed by atoms with E-state index in [9.17, 15) is 9.18 Å². The van der Waals surface area contributed by atoms with Gasteiger partial charge in [0.2, 0.25) is 0 Å². The van der Waals surface area contributed by atoms with Gasteiger partial charge in [0.1, 0.15) is 11.4 Å². The highest BCUT2D eigenvalue weighted by Crippen LogP contribution is 2.25. The predicted octanol–water partition coefficient (Wildman–Crippen LogP) is 3.52. The van der Waals surface area contributed by atoms with Gasteiger partial charge < -0.3 is 10.1 Å². The van der Waals surface area contributed by atoms with Crippen molar-refractivity contribution in [3.63, 3.8) is 0 Å². The number of hydrogen-bond donors (Lipinski definition) is 1. The van der Waals surface area contributed by atoms with Crippen molar-refractivity contribution in [1.29, 1.82) is 0 Å². The van der Waals surface area contributed by atoms with Gasteiger partial charge in [0, 0.05) is 5.69 Å². The zero-order chi connectivity index (χ0) is 14.6. The zero-order valence-electron chi connectivity index (χ0n) is 12.2. The van der Waals surface area contributed by atoms with Crippen LogP contribution in [0.25, 0.3) is 0 Å². The van der Waals surface area contributed by atoms with Crippen LogP contribution in [0.5, 0.6) is 0 Å². The Labute approximate surface area is 114 Å². The lowest BCUT2D eigenvalue weighted by atomic mass is 9.88. The van der Waals surface area contributed by atoms with Crippen LogP contribution in [-0.4, -0.2) is 18.1 Å². The van der Waals surface area contributed by atoms with Crippen LogP contribution in [0.1, 0.15) is 33.3 Å². The molecule has 0 aliphatic heterocycles. The van der Waals surface area contributed by atoms with E-state index in [4.69, 9.17) is 4.74 Å². The lowest BCUT2D eigenvalue weighted by Crippen LogP contribution is -2.49. The van der Waals surface area contributed by atoms with Crippen molar-refractivity contribution in [2.24, 2.45) is 5.92 Å².